The average molecular weight is 766 g/mol. The molecule has 4 aromatic rings. The molecule has 9 nitrogen and oxygen atoms in total. The van der Waals surface area contributed by atoms with Crippen LogP contribution in [0.5, 0.6) is 0 Å². The molecule has 0 N–H and O–H groups in total. The molecule has 2 heterocycles. The minimum atomic E-state index is -0.781. The monoisotopic (exact) mass is 765 g/mol. The van der Waals surface area contributed by atoms with Crippen molar-refractivity contribution in [2.75, 3.05) is 13.2 Å². The third-order valence-electron chi connectivity index (χ3n) is 10.2. The summed E-state index contributed by atoms with van der Waals surface area (Å²) in [5, 5.41) is 0. The highest BCUT2D eigenvalue weighted by Crippen LogP contribution is 2.35. The zero-order chi connectivity index (χ0) is 39.4. The molecule has 0 bridgehead atoms. The Morgan fingerprint density at radius 1 is 0.643 bits per heavy atom. The van der Waals surface area contributed by atoms with Gasteiger partial charge in [0.15, 0.2) is 0 Å². The first-order chi connectivity index (χ1) is 27.1. The van der Waals surface area contributed by atoms with Gasteiger partial charge in [0.1, 0.15) is 35.7 Å². The first kappa shape index (κ1) is 41.5. The lowest BCUT2D eigenvalue weighted by Crippen LogP contribution is -2.61. The van der Waals surface area contributed by atoms with Crippen LogP contribution in [0.4, 0.5) is 4.79 Å². The lowest BCUT2D eigenvalue weighted by molar-refractivity contribution is -0.273. The highest BCUT2D eigenvalue weighted by molar-refractivity contribution is 5.69. The summed E-state index contributed by atoms with van der Waals surface area (Å²) < 4.78 is 46.0. The molecule has 6 atom stereocenters. The Kier molecular flexibility index (Phi) is 14.7. The second kappa shape index (κ2) is 19.9. The molecule has 0 spiro atoms. The van der Waals surface area contributed by atoms with Gasteiger partial charge in [-0.2, -0.15) is 0 Å². The fraction of sp³-hybridized carbons (Fsp3) is 0.468. The van der Waals surface area contributed by atoms with Gasteiger partial charge in [-0.15, -0.1) is 0 Å². The second-order valence-corrected chi connectivity index (χ2v) is 16.2. The van der Waals surface area contributed by atoms with Gasteiger partial charge < -0.3 is 33.2 Å². The summed E-state index contributed by atoms with van der Waals surface area (Å²) in [6.45, 7) is 11.8. The van der Waals surface area contributed by atoms with Crippen LogP contribution in [-0.4, -0.2) is 72.1 Å². The van der Waals surface area contributed by atoms with E-state index in [9.17, 15) is 4.79 Å². The third kappa shape index (κ3) is 12.0. The molecule has 4 aromatic carbocycles. The van der Waals surface area contributed by atoms with E-state index in [1.165, 1.54) is 0 Å². The van der Waals surface area contributed by atoms with Crippen molar-refractivity contribution < 1.29 is 38.0 Å². The van der Waals surface area contributed by atoms with E-state index in [0.29, 0.717) is 52.5 Å². The van der Waals surface area contributed by atoms with E-state index in [4.69, 9.17) is 33.2 Å². The molecule has 0 unspecified atom stereocenters. The van der Waals surface area contributed by atoms with E-state index in [-0.39, 0.29) is 18.2 Å². The van der Waals surface area contributed by atoms with E-state index >= 15 is 0 Å². The number of carbonyl (C=O) groups is 1. The molecule has 9 heteroatoms. The molecule has 2 aliphatic heterocycles. The van der Waals surface area contributed by atoms with Crippen molar-refractivity contribution in [2.45, 2.75) is 128 Å². The number of hydrogen-bond acceptors (Lipinski definition) is 8. The first-order valence-electron chi connectivity index (χ1n) is 20.0. The maximum Gasteiger partial charge on any atom is 0.412 e. The highest BCUT2D eigenvalue weighted by atomic mass is 16.6. The Hall–Kier alpha value is -4.09. The number of carbonyl (C=O) groups excluding carboxylic acids is 1. The number of hydrogen-bond donors (Lipinski definition) is 0. The minimum Gasteiger partial charge on any atom is -0.444 e. The van der Waals surface area contributed by atoms with Gasteiger partial charge in [-0.1, -0.05) is 121 Å². The number of rotatable bonds is 17. The summed E-state index contributed by atoms with van der Waals surface area (Å²) in [7, 11) is 0. The van der Waals surface area contributed by atoms with Crippen LogP contribution in [0.2, 0.25) is 0 Å². The molecule has 0 aliphatic carbocycles. The van der Waals surface area contributed by atoms with Gasteiger partial charge in [0, 0.05) is 0 Å². The van der Waals surface area contributed by atoms with Gasteiger partial charge in [0.05, 0.1) is 51.8 Å². The normalized spacial score (nSPS) is 23.6. The second-order valence-electron chi connectivity index (χ2n) is 16.2. The van der Waals surface area contributed by atoms with Crippen molar-refractivity contribution >= 4 is 6.09 Å². The van der Waals surface area contributed by atoms with Gasteiger partial charge in [0.25, 0.3) is 0 Å². The molecular formula is C47H59NO8. The smallest absolute Gasteiger partial charge is 0.412 e. The van der Waals surface area contributed by atoms with Gasteiger partial charge in [0.2, 0.25) is 0 Å². The van der Waals surface area contributed by atoms with Gasteiger partial charge in [-0.3, -0.25) is 4.90 Å². The van der Waals surface area contributed by atoms with Crippen molar-refractivity contribution in [3.05, 3.63) is 144 Å². The lowest BCUT2D eigenvalue weighted by atomic mass is 9.91. The molecule has 300 valence electrons. The molecule has 56 heavy (non-hydrogen) atoms. The standard InChI is InChI=1S/C47H59NO8/c1-46(2,3)56-45(49)48-39(33-54-47(48,4)5)27-18-28-40-42(51-30-36-21-12-7-13-22-36)44(53-32-38-25-16-9-17-26-38)43(52-31-37-23-14-8-15-24-37)41(55-40)34-50-29-35-19-10-6-11-20-35/h6-17,19-26,39-44H,18,27-34H2,1-5H3/t39-,40+,41+,42-,43-,44+/m0/s1. The highest BCUT2D eigenvalue weighted by Gasteiger charge is 2.49. The zero-order valence-corrected chi connectivity index (χ0v) is 33.6. The van der Waals surface area contributed by atoms with Gasteiger partial charge in [-0.25, -0.2) is 4.79 Å². The van der Waals surface area contributed by atoms with Crippen LogP contribution in [0.25, 0.3) is 0 Å². The fourth-order valence-electron chi connectivity index (χ4n) is 7.45. The van der Waals surface area contributed by atoms with Crippen LogP contribution >= 0.6 is 0 Å². The number of benzene rings is 4. The van der Waals surface area contributed by atoms with E-state index in [2.05, 4.69) is 48.5 Å². The molecule has 2 saturated heterocycles. The van der Waals surface area contributed by atoms with E-state index in [1.54, 1.807) is 4.90 Å². The molecule has 2 aliphatic rings. The number of amides is 1. The van der Waals surface area contributed by atoms with Crippen molar-refractivity contribution in [2.24, 2.45) is 0 Å². The average Bonchev–Trinajstić information content (AvgIpc) is 3.50. The molecule has 2 fully saturated rings. The minimum absolute atomic E-state index is 0.149. The SMILES string of the molecule is CC(C)(C)OC(=O)N1[C@@H](CCC[C@H]2O[C@H](COCc3ccccc3)[C@H](OCc3ccccc3)[C@H](OCc3ccccc3)[C@H]2OCc2ccccc2)COC1(C)C. The van der Waals surface area contributed by atoms with Crippen molar-refractivity contribution in [3.63, 3.8) is 0 Å². The molecule has 0 aromatic heterocycles. The Balaban J connectivity index is 1.27. The summed E-state index contributed by atoms with van der Waals surface area (Å²) in [6.07, 6.45) is -0.523. The van der Waals surface area contributed by atoms with Gasteiger partial charge >= 0.3 is 6.09 Å². The van der Waals surface area contributed by atoms with E-state index in [0.717, 1.165) is 28.7 Å². The fourth-order valence-corrected chi connectivity index (χ4v) is 7.45. The first-order valence-corrected chi connectivity index (χ1v) is 20.0. The Morgan fingerprint density at radius 2 is 1.09 bits per heavy atom. The molecule has 0 saturated carbocycles. The van der Waals surface area contributed by atoms with Crippen molar-refractivity contribution in [3.8, 4) is 0 Å². The predicted octanol–water partition coefficient (Wildman–Crippen LogP) is 9.27. The Labute approximate surface area is 333 Å². The maximum atomic E-state index is 13.4. The van der Waals surface area contributed by atoms with Gasteiger partial charge in [-0.05, 0) is 76.1 Å². The third-order valence-corrected chi connectivity index (χ3v) is 10.2. The van der Waals surface area contributed by atoms with E-state index < -0.39 is 35.7 Å². The predicted molar refractivity (Wildman–Crippen MR) is 216 cm³/mol. The van der Waals surface area contributed by atoms with E-state index in [1.807, 2.05) is 107 Å². The van der Waals surface area contributed by atoms with Crippen LogP contribution < -0.4 is 0 Å². The van der Waals surface area contributed by atoms with Crippen LogP contribution in [-0.2, 0) is 59.6 Å². The summed E-state index contributed by atoms with van der Waals surface area (Å²) in [5.41, 5.74) is 2.85. The number of ether oxygens (including phenoxy) is 7. The topological polar surface area (TPSA) is 84.9 Å². The lowest BCUT2D eigenvalue weighted by Gasteiger charge is -2.46. The summed E-state index contributed by atoms with van der Waals surface area (Å²) in [5.74, 6) is 0. The van der Waals surface area contributed by atoms with Crippen molar-refractivity contribution in [1.29, 1.82) is 0 Å². The molecule has 6 rings (SSSR count). The Morgan fingerprint density at radius 3 is 1.57 bits per heavy atom. The molecule has 0 radical (unpaired) electrons. The van der Waals surface area contributed by atoms with Crippen molar-refractivity contribution in [1.82, 2.24) is 4.90 Å². The Bertz CT molecular complexity index is 1730. The number of nitrogens with zero attached hydrogens (tertiary/aromatic N) is 1. The van der Waals surface area contributed by atoms with Crippen LogP contribution in [0.3, 0.4) is 0 Å². The van der Waals surface area contributed by atoms with Crippen LogP contribution in [0.15, 0.2) is 121 Å². The molecular weight excluding hydrogens is 707 g/mol. The zero-order valence-electron chi connectivity index (χ0n) is 33.6. The largest absolute Gasteiger partial charge is 0.444 e. The molecule has 1 amide bonds. The summed E-state index contributed by atoms with van der Waals surface area (Å²) in [4.78, 5) is 15.2. The maximum absolute atomic E-state index is 13.4. The van der Waals surface area contributed by atoms with Crippen LogP contribution in [0.1, 0.15) is 76.1 Å². The van der Waals surface area contributed by atoms with Crippen LogP contribution in [0, 0.1) is 0 Å². The summed E-state index contributed by atoms with van der Waals surface area (Å²) >= 11 is 0. The quantitative estimate of drug-likeness (QED) is 0.105. The summed E-state index contributed by atoms with van der Waals surface area (Å²) in [6, 6.07) is 40.5.